The predicted molar refractivity (Wildman–Crippen MR) is 54.2 cm³/mol. The van der Waals surface area contributed by atoms with E-state index in [2.05, 4.69) is 13.2 Å². The van der Waals surface area contributed by atoms with Crippen LogP contribution in [0.5, 0.6) is 0 Å². The van der Waals surface area contributed by atoms with E-state index in [1.165, 1.54) is 0 Å². The molecule has 0 spiro atoms. The summed E-state index contributed by atoms with van der Waals surface area (Å²) in [5.74, 6) is 0.0492. The van der Waals surface area contributed by atoms with E-state index in [-0.39, 0.29) is 5.78 Å². The molecule has 0 aromatic carbocycles. The zero-order valence-corrected chi connectivity index (χ0v) is 7.57. The molecule has 2 heteroatoms. The first-order chi connectivity index (χ1) is 6.27. The first-order valence-electron chi connectivity index (χ1n) is 4.18. The lowest BCUT2D eigenvalue weighted by molar-refractivity contribution is -0.110. The lowest BCUT2D eigenvalue weighted by Gasteiger charge is -2.20. The highest BCUT2D eigenvalue weighted by Gasteiger charge is 2.09. The van der Waals surface area contributed by atoms with Crippen LogP contribution in [0, 0.1) is 0 Å². The van der Waals surface area contributed by atoms with Gasteiger partial charge in [-0.25, -0.2) is 0 Å². The van der Waals surface area contributed by atoms with Crippen molar-refractivity contribution in [3.8, 4) is 0 Å². The van der Waals surface area contributed by atoms with E-state index in [4.69, 9.17) is 0 Å². The molecule has 0 saturated carbocycles. The third-order valence-electron chi connectivity index (χ3n) is 1.77. The molecule has 0 bridgehead atoms. The molecule has 13 heavy (non-hydrogen) atoms. The Morgan fingerprint density at radius 3 is 2.23 bits per heavy atom. The summed E-state index contributed by atoms with van der Waals surface area (Å²) < 4.78 is 0. The molecular weight excluding hydrogens is 162 g/mol. The molecule has 0 heterocycles. The monoisotopic (exact) mass is 175 g/mol. The van der Waals surface area contributed by atoms with Crippen LogP contribution in [0.15, 0.2) is 49.2 Å². The molecule has 1 aliphatic carbocycles. The fourth-order valence-corrected chi connectivity index (χ4v) is 1.20. The highest BCUT2D eigenvalue weighted by Crippen LogP contribution is 2.11. The molecule has 1 rings (SSSR count). The Labute approximate surface area is 78.5 Å². The van der Waals surface area contributed by atoms with Gasteiger partial charge in [-0.3, -0.25) is 4.79 Å². The smallest absolute Gasteiger partial charge is 0.180 e. The van der Waals surface area contributed by atoms with Gasteiger partial charge in [0.1, 0.15) is 0 Å². The van der Waals surface area contributed by atoms with Gasteiger partial charge in [-0.15, -0.1) is 13.2 Å². The fourth-order valence-electron chi connectivity index (χ4n) is 1.20. The molecule has 0 saturated heterocycles. The third-order valence-corrected chi connectivity index (χ3v) is 1.77. The van der Waals surface area contributed by atoms with Crippen LogP contribution in [0.4, 0.5) is 0 Å². The van der Waals surface area contributed by atoms with Crippen LogP contribution in [0.2, 0.25) is 0 Å². The minimum absolute atomic E-state index is 0.0492. The summed E-state index contributed by atoms with van der Waals surface area (Å²) in [5.41, 5.74) is 0.935. The number of allylic oxidation sites excluding steroid dienone is 3. The van der Waals surface area contributed by atoms with Gasteiger partial charge in [-0.2, -0.15) is 0 Å². The molecule has 0 unspecified atom stereocenters. The maximum atomic E-state index is 10.9. The molecule has 0 amide bonds. The van der Waals surface area contributed by atoms with Gasteiger partial charge < -0.3 is 4.90 Å². The Hall–Kier alpha value is -1.57. The average molecular weight is 175 g/mol. The molecule has 1 aliphatic rings. The zero-order chi connectivity index (χ0) is 9.68. The summed E-state index contributed by atoms with van der Waals surface area (Å²) in [6.07, 6.45) is 8.61. The summed E-state index contributed by atoms with van der Waals surface area (Å²) in [6.45, 7) is 8.79. The van der Waals surface area contributed by atoms with E-state index >= 15 is 0 Å². The van der Waals surface area contributed by atoms with Crippen molar-refractivity contribution in [1.29, 1.82) is 0 Å². The molecule has 68 valence electrons. The van der Waals surface area contributed by atoms with Crippen LogP contribution in [-0.2, 0) is 4.79 Å². The molecule has 0 N–H and O–H groups in total. The van der Waals surface area contributed by atoms with Crippen molar-refractivity contribution < 1.29 is 4.79 Å². The van der Waals surface area contributed by atoms with Crippen LogP contribution in [0.1, 0.15) is 0 Å². The van der Waals surface area contributed by atoms with Crippen LogP contribution < -0.4 is 0 Å². The summed E-state index contributed by atoms with van der Waals surface area (Å²) in [5, 5.41) is 0. The van der Waals surface area contributed by atoms with E-state index in [0.717, 1.165) is 18.8 Å². The summed E-state index contributed by atoms with van der Waals surface area (Å²) in [7, 11) is 0. The Balaban J connectivity index is 2.69. The van der Waals surface area contributed by atoms with Gasteiger partial charge in [0.25, 0.3) is 0 Å². The molecule has 0 fully saturated rings. The van der Waals surface area contributed by atoms with Gasteiger partial charge in [-0.05, 0) is 12.2 Å². The molecule has 0 aromatic heterocycles. The van der Waals surface area contributed by atoms with Crippen molar-refractivity contribution in [3.63, 3.8) is 0 Å². The van der Waals surface area contributed by atoms with Gasteiger partial charge >= 0.3 is 0 Å². The zero-order valence-electron chi connectivity index (χ0n) is 7.57. The first kappa shape index (κ1) is 9.52. The highest BCUT2D eigenvalue weighted by molar-refractivity contribution is 6.03. The summed E-state index contributed by atoms with van der Waals surface area (Å²) in [6, 6.07) is 0. The Bertz CT molecular complexity index is 276. The van der Waals surface area contributed by atoms with E-state index in [0.29, 0.717) is 0 Å². The second kappa shape index (κ2) is 4.45. The minimum atomic E-state index is 0.0492. The maximum Gasteiger partial charge on any atom is 0.180 e. The number of rotatable bonds is 5. The lowest BCUT2D eigenvalue weighted by Crippen LogP contribution is -2.21. The largest absolute Gasteiger partial charge is 0.364 e. The van der Waals surface area contributed by atoms with Gasteiger partial charge in [0.2, 0.25) is 0 Å². The lowest BCUT2D eigenvalue weighted by atomic mass is 10.3. The number of hydrogen-bond acceptors (Lipinski definition) is 2. The summed E-state index contributed by atoms with van der Waals surface area (Å²) in [4.78, 5) is 13.0. The second-order valence-corrected chi connectivity index (χ2v) is 2.79. The number of hydrogen-bond donors (Lipinski definition) is 0. The quantitative estimate of drug-likeness (QED) is 0.592. The second-order valence-electron chi connectivity index (χ2n) is 2.79. The number of carbonyl (C=O) groups is 1. The maximum absolute atomic E-state index is 10.9. The van der Waals surface area contributed by atoms with Crippen LogP contribution in [0.25, 0.3) is 0 Å². The Morgan fingerprint density at radius 1 is 1.23 bits per heavy atom. The SMILES string of the molecule is C=CCN(CC=C)C1=CC(=O)C=C1. The van der Waals surface area contributed by atoms with Crippen molar-refractivity contribution in [2.45, 2.75) is 0 Å². The van der Waals surface area contributed by atoms with Crippen LogP contribution in [-0.4, -0.2) is 23.8 Å². The third kappa shape index (κ3) is 2.44. The fraction of sp³-hybridized carbons (Fsp3) is 0.182. The average Bonchev–Trinajstić information content (AvgIpc) is 2.51. The minimum Gasteiger partial charge on any atom is -0.364 e. The number of ketones is 1. The summed E-state index contributed by atoms with van der Waals surface area (Å²) >= 11 is 0. The standard InChI is InChI=1S/C11H13NO/c1-3-7-12(8-4-2)10-5-6-11(13)9-10/h3-6,9H,1-2,7-8H2. The predicted octanol–water partition coefficient (Wildman–Crippen LogP) is 1.68. The molecule has 2 nitrogen and oxygen atoms in total. The van der Waals surface area contributed by atoms with Crippen molar-refractivity contribution in [2.24, 2.45) is 0 Å². The molecule has 0 radical (unpaired) electrons. The topological polar surface area (TPSA) is 20.3 Å². The molecule has 0 aliphatic heterocycles. The van der Waals surface area contributed by atoms with Crippen molar-refractivity contribution in [1.82, 2.24) is 4.90 Å². The van der Waals surface area contributed by atoms with E-state index in [1.807, 2.05) is 11.0 Å². The van der Waals surface area contributed by atoms with Gasteiger partial charge in [0.05, 0.1) is 0 Å². The van der Waals surface area contributed by atoms with E-state index < -0.39 is 0 Å². The first-order valence-corrected chi connectivity index (χ1v) is 4.18. The van der Waals surface area contributed by atoms with Crippen molar-refractivity contribution >= 4 is 5.78 Å². The van der Waals surface area contributed by atoms with Gasteiger partial charge in [-0.1, -0.05) is 12.2 Å². The van der Waals surface area contributed by atoms with Crippen LogP contribution in [0.3, 0.4) is 0 Å². The van der Waals surface area contributed by atoms with Crippen molar-refractivity contribution in [2.75, 3.05) is 13.1 Å². The molecule has 0 aromatic rings. The highest BCUT2D eigenvalue weighted by atomic mass is 16.1. The number of carbonyl (C=O) groups excluding carboxylic acids is 1. The number of nitrogens with zero attached hydrogens (tertiary/aromatic N) is 1. The van der Waals surface area contributed by atoms with Crippen LogP contribution >= 0.6 is 0 Å². The molecule has 0 atom stereocenters. The Kier molecular flexibility index (Phi) is 3.26. The molecular formula is C11H13NO. The van der Waals surface area contributed by atoms with E-state index in [1.54, 1.807) is 24.3 Å². The Morgan fingerprint density at radius 2 is 1.85 bits per heavy atom. The van der Waals surface area contributed by atoms with E-state index in [9.17, 15) is 4.79 Å². The van der Waals surface area contributed by atoms with Gasteiger partial charge in [0.15, 0.2) is 5.78 Å². The normalized spacial score (nSPS) is 14.2. The van der Waals surface area contributed by atoms with Crippen molar-refractivity contribution in [3.05, 3.63) is 49.2 Å². The van der Waals surface area contributed by atoms with Gasteiger partial charge in [0, 0.05) is 24.9 Å².